The minimum Gasteiger partial charge on any atom is -0.319 e. The minimum absolute atomic E-state index is 0.0381. The molecule has 1 amide bonds. The molecule has 32 heavy (non-hydrogen) atoms. The van der Waals surface area contributed by atoms with Crippen molar-refractivity contribution in [2.45, 2.75) is 85.6 Å². The predicted molar refractivity (Wildman–Crippen MR) is 130 cm³/mol. The van der Waals surface area contributed by atoms with Gasteiger partial charge in [0.05, 0.1) is 5.70 Å². The molecule has 0 aromatic heterocycles. The lowest BCUT2D eigenvalue weighted by Crippen LogP contribution is -2.56. The van der Waals surface area contributed by atoms with Crippen molar-refractivity contribution in [2.24, 2.45) is 40.4 Å². The van der Waals surface area contributed by atoms with Gasteiger partial charge in [-0.1, -0.05) is 26.0 Å². The quantitative estimate of drug-likeness (QED) is 0.600. The van der Waals surface area contributed by atoms with Gasteiger partial charge in [-0.15, -0.1) is 0 Å². The van der Waals surface area contributed by atoms with Gasteiger partial charge in [-0.3, -0.25) is 9.59 Å². The van der Waals surface area contributed by atoms with E-state index in [-0.39, 0.29) is 23.0 Å². The predicted octanol–water partition coefficient (Wildman–Crippen LogP) is 5.35. The van der Waals surface area contributed by atoms with E-state index in [0.717, 1.165) is 30.6 Å². The van der Waals surface area contributed by atoms with Gasteiger partial charge in [0, 0.05) is 17.5 Å². The van der Waals surface area contributed by atoms with Crippen molar-refractivity contribution >= 4 is 11.7 Å². The summed E-state index contributed by atoms with van der Waals surface area (Å²) in [6.45, 7) is 11.0. The second-order valence-corrected chi connectivity index (χ2v) is 12.1. The minimum atomic E-state index is -0.148. The lowest BCUT2D eigenvalue weighted by atomic mass is 9.45. The van der Waals surface area contributed by atoms with Gasteiger partial charge >= 0.3 is 0 Å². The molecule has 0 bridgehead atoms. The van der Waals surface area contributed by atoms with Crippen molar-refractivity contribution in [1.29, 1.82) is 0 Å². The first-order valence-corrected chi connectivity index (χ1v) is 12.9. The number of allylic oxidation sites excluding steroid dienone is 3. The maximum absolute atomic E-state index is 13.5. The second-order valence-electron chi connectivity index (χ2n) is 12.1. The molecule has 0 aromatic carbocycles. The molecular formula is C28H44N2O2. The number of fused-ring (bicyclic) bond motifs is 5. The highest BCUT2D eigenvalue weighted by Crippen LogP contribution is 2.67. The lowest BCUT2D eigenvalue weighted by Gasteiger charge is -2.60. The molecule has 0 heterocycles. The van der Waals surface area contributed by atoms with Crippen molar-refractivity contribution in [2.75, 3.05) is 14.1 Å². The molecule has 4 aliphatic rings. The molecule has 0 radical (unpaired) electrons. The van der Waals surface area contributed by atoms with E-state index in [4.69, 9.17) is 0 Å². The fourth-order valence-electron chi connectivity index (χ4n) is 8.45. The Kier molecular flexibility index (Phi) is 6.24. The van der Waals surface area contributed by atoms with Gasteiger partial charge in [0.1, 0.15) is 0 Å². The number of carbonyl (C=O) groups is 2. The number of Topliss-reactive ketones (excluding diaryl/α,β-unsaturated/α-hetero) is 1. The van der Waals surface area contributed by atoms with Crippen LogP contribution in [0.25, 0.3) is 0 Å². The maximum atomic E-state index is 13.5. The van der Waals surface area contributed by atoms with Crippen molar-refractivity contribution in [3.63, 3.8) is 0 Å². The van der Waals surface area contributed by atoms with Gasteiger partial charge in [-0.2, -0.15) is 0 Å². The standard InChI is InChI=1S/C28H44N2O2/c1-8-17(2)26(32)29-24-14-16-28(5)22-13-15-27(4)20(18(3)30(6)7)11-12-21(27)19(22)9-10-23(28)25(24)31/h8,14,18-23H,9-13,15-16H2,1-7H3,(H,29,32)/t18-,19-,20+,21-,22-,23+,27+,28+/m0/s1. The Morgan fingerprint density at radius 3 is 2.47 bits per heavy atom. The molecule has 0 spiro atoms. The van der Waals surface area contributed by atoms with E-state index in [0.29, 0.717) is 28.6 Å². The molecule has 0 aromatic rings. The molecule has 0 aliphatic heterocycles. The molecule has 1 N–H and O–H groups in total. The van der Waals surface area contributed by atoms with E-state index in [9.17, 15) is 9.59 Å². The van der Waals surface area contributed by atoms with Crippen molar-refractivity contribution < 1.29 is 9.59 Å². The maximum Gasteiger partial charge on any atom is 0.251 e. The Morgan fingerprint density at radius 2 is 1.81 bits per heavy atom. The van der Waals surface area contributed by atoms with Crippen LogP contribution in [0.4, 0.5) is 0 Å². The normalized spacial score (nSPS) is 42.6. The number of hydrogen-bond acceptors (Lipinski definition) is 3. The van der Waals surface area contributed by atoms with Crippen molar-refractivity contribution in [1.82, 2.24) is 10.2 Å². The highest BCUT2D eigenvalue weighted by Gasteiger charge is 2.61. The Labute approximate surface area is 195 Å². The van der Waals surface area contributed by atoms with Crippen LogP contribution in [-0.4, -0.2) is 36.7 Å². The smallest absolute Gasteiger partial charge is 0.251 e. The van der Waals surface area contributed by atoms with Crippen LogP contribution in [-0.2, 0) is 9.59 Å². The van der Waals surface area contributed by atoms with Gasteiger partial charge in [0.15, 0.2) is 5.78 Å². The van der Waals surface area contributed by atoms with Gasteiger partial charge in [-0.25, -0.2) is 0 Å². The monoisotopic (exact) mass is 440 g/mol. The van der Waals surface area contributed by atoms with Gasteiger partial charge in [-0.05, 0) is 114 Å². The average Bonchev–Trinajstić information content (AvgIpc) is 3.11. The molecule has 3 fully saturated rings. The van der Waals surface area contributed by atoms with Crippen LogP contribution in [0.3, 0.4) is 0 Å². The molecule has 0 saturated heterocycles. The molecule has 4 heteroatoms. The second kappa shape index (κ2) is 8.42. The fraction of sp³-hybridized carbons (Fsp3) is 0.786. The van der Waals surface area contributed by atoms with Crippen LogP contribution in [0.1, 0.15) is 79.6 Å². The van der Waals surface area contributed by atoms with Crippen LogP contribution in [0, 0.1) is 40.4 Å². The summed E-state index contributed by atoms with van der Waals surface area (Å²) >= 11 is 0. The number of carbonyl (C=O) groups excluding carboxylic acids is 2. The van der Waals surface area contributed by atoms with Crippen molar-refractivity contribution in [3.8, 4) is 0 Å². The average molecular weight is 441 g/mol. The summed E-state index contributed by atoms with van der Waals surface area (Å²) in [4.78, 5) is 28.3. The van der Waals surface area contributed by atoms with E-state index >= 15 is 0 Å². The largest absolute Gasteiger partial charge is 0.319 e. The highest BCUT2D eigenvalue weighted by molar-refractivity contribution is 6.04. The Balaban J connectivity index is 1.56. The van der Waals surface area contributed by atoms with Crippen LogP contribution in [0.5, 0.6) is 0 Å². The highest BCUT2D eigenvalue weighted by atomic mass is 16.2. The number of ketones is 1. The molecule has 0 unspecified atom stereocenters. The fourth-order valence-corrected chi connectivity index (χ4v) is 8.45. The molecule has 4 nitrogen and oxygen atoms in total. The third-order valence-corrected chi connectivity index (χ3v) is 10.7. The Hall–Kier alpha value is -1.42. The third kappa shape index (κ3) is 3.52. The summed E-state index contributed by atoms with van der Waals surface area (Å²) in [5.41, 5.74) is 1.67. The number of hydrogen-bond donors (Lipinski definition) is 1. The third-order valence-electron chi connectivity index (χ3n) is 10.7. The zero-order valence-electron chi connectivity index (χ0n) is 21.3. The Bertz CT molecular complexity index is 842. The first-order chi connectivity index (χ1) is 15.0. The Morgan fingerprint density at radius 1 is 1.12 bits per heavy atom. The van der Waals surface area contributed by atoms with Crippen LogP contribution < -0.4 is 5.32 Å². The van der Waals surface area contributed by atoms with Gasteiger partial charge in [0.2, 0.25) is 0 Å². The van der Waals surface area contributed by atoms with Crippen LogP contribution in [0.2, 0.25) is 0 Å². The summed E-state index contributed by atoms with van der Waals surface area (Å²) < 4.78 is 0. The van der Waals surface area contributed by atoms with Crippen LogP contribution >= 0.6 is 0 Å². The van der Waals surface area contributed by atoms with Crippen molar-refractivity contribution in [3.05, 3.63) is 23.4 Å². The summed E-state index contributed by atoms with van der Waals surface area (Å²) in [6.07, 6.45) is 12.2. The summed E-state index contributed by atoms with van der Waals surface area (Å²) in [5.74, 6) is 3.03. The zero-order valence-corrected chi connectivity index (χ0v) is 21.3. The summed E-state index contributed by atoms with van der Waals surface area (Å²) in [7, 11) is 4.46. The van der Waals surface area contributed by atoms with E-state index in [1.165, 1.54) is 32.1 Å². The summed E-state index contributed by atoms with van der Waals surface area (Å²) in [6, 6.07) is 0.625. The van der Waals surface area contributed by atoms with Gasteiger partial charge < -0.3 is 10.2 Å². The van der Waals surface area contributed by atoms with E-state index in [2.05, 4.69) is 45.1 Å². The zero-order chi connectivity index (χ0) is 23.4. The molecule has 3 saturated carbocycles. The van der Waals surface area contributed by atoms with Gasteiger partial charge in [0.25, 0.3) is 5.91 Å². The number of nitrogens with zero attached hydrogens (tertiary/aromatic N) is 1. The topological polar surface area (TPSA) is 49.4 Å². The number of rotatable bonds is 4. The summed E-state index contributed by atoms with van der Waals surface area (Å²) in [5, 5.41) is 2.91. The van der Waals surface area contributed by atoms with E-state index in [1.807, 2.05) is 13.0 Å². The SMILES string of the molecule is CC=C(C)C(=O)NC1=CC[C@@]2(C)[C@H](CC[C@@H]3[C@@H]2CC[C@]2(C)[C@@H]([C@H](C)N(C)C)CC[C@@H]32)C1=O. The first kappa shape index (κ1) is 23.7. The number of nitrogens with one attached hydrogen (secondary N) is 1. The molecule has 178 valence electrons. The lowest BCUT2D eigenvalue weighted by molar-refractivity contribution is -0.141. The van der Waals surface area contributed by atoms with E-state index in [1.54, 1.807) is 13.0 Å². The molecule has 4 rings (SSSR count). The first-order valence-electron chi connectivity index (χ1n) is 12.9. The van der Waals surface area contributed by atoms with Crippen LogP contribution in [0.15, 0.2) is 23.4 Å². The van der Waals surface area contributed by atoms with E-state index < -0.39 is 0 Å². The molecule has 4 aliphatic carbocycles. The molecular weight excluding hydrogens is 396 g/mol. The molecule has 8 atom stereocenters. The number of amides is 1.